The van der Waals surface area contributed by atoms with Crippen LogP contribution in [-0.2, 0) is 11.2 Å². The summed E-state index contributed by atoms with van der Waals surface area (Å²) in [6.45, 7) is 9.20. The fourth-order valence-corrected chi connectivity index (χ4v) is 4.02. The number of hydrogen-bond donors (Lipinski definition) is 0. The Morgan fingerprint density at radius 2 is 2.04 bits per heavy atom. The Kier molecular flexibility index (Phi) is 5.37. The van der Waals surface area contributed by atoms with Crippen LogP contribution in [-0.4, -0.2) is 52.7 Å². The second-order valence-corrected chi connectivity index (χ2v) is 8.66. The van der Waals surface area contributed by atoms with E-state index in [-0.39, 0.29) is 6.09 Å². The average molecular weight is 377 g/mol. The van der Waals surface area contributed by atoms with Crippen molar-refractivity contribution in [1.82, 2.24) is 14.9 Å². The van der Waals surface area contributed by atoms with Crippen molar-refractivity contribution >= 4 is 33.5 Å². The van der Waals surface area contributed by atoms with Crippen molar-refractivity contribution in [2.45, 2.75) is 58.6 Å². The van der Waals surface area contributed by atoms with Gasteiger partial charge < -0.3 is 14.5 Å². The Hall–Kier alpha value is -1.89. The van der Waals surface area contributed by atoms with Gasteiger partial charge in [0.1, 0.15) is 22.1 Å². The van der Waals surface area contributed by atoms with Gasteiger partial charge in [-0.3, -0.25) is 0 Å². The van der Waals surface area contributed by atoms with Gasteiger partial charge in [0.25, 0.3) is 0 Å². The number of ether oxygens (including phenoxy) is 1. The summed E-state index contributed by atoms with van der Waals surface area (Å²) < 4.78 is 5.49. The van der Waals surface area contributed by atoms with E-state index >= 15 is 0 Å². The van der Waals surface area contributed by atoms with Crippen molar-refractivity contribution in [2.75, 3.05) is 25.0 Å². The van der Waals surface area contributed by atoms with E-state index in [1.807, 2.05) is 25.7 Å². The van der Waals surface area contributed by atoms with Crippen LogP contribution in [0.2, 0.25) is 0 Å². The molecule has 0 saturated carbocycles. The molecule has 7 heteroatoms. The van der Waals surface area contributed by atoms with Gasteiger partial charge in [0.15, 0.2) is 0 Å². The molecule has 1 amide bonds. The lowest BCUT2D eigenvalue weighted by molar-refractivity contribution is 0.0205. The quantitative estimate of drug-likeness (QED) is 0.807. The van der Waals surface area contributed by atoms with Crippen molar-refractivity contribution in [3.05, 3.63) is 17.3 Å². The van der Waals surface area contributed by atoms with E-state index in [1.165, 1.54) is 0 Å². The minimum Gasteiger partial charge on any atom is -0.444 e. The van der Waals surface area contributed by atoms with E-state index in [2.05, 4.69) is 35.3 Å². The molecule has 2 aromatic heterocycles. The number of nitrogens with zero attached hydrogens (tertiary/aromatic N) is 4. The third-order valence-electron chi connectivity index (χ3n) is 4.67. The van der Waals surface area contributed by atoms with E-state index < -0.39 is 5.60 Å². The lowest BCUT2D eigenvalue weighted by Gasteiger charge is -2.38. The molecule has 1 aliphatic rings. The minimum atomic E-state index is -0.452. The van der Waals surface area contributed by atoms with Gasteiger partial charge in [0.05, 0.1) is 5.39 Å². The number of fused-ring (bicyclic) bond motifs is 1. The molecule has 0 N–H and O–H groups in total. The van der Waals surface area contributed by atoms with E-state index in [4.69, 9.17) is 9.72 Å². The molecule has 0 radical (unpaired) electrons. The monoisotopic (exact) mass is 376 g/mol. The molecule has 0 unspecified atom stereocenters. The molecule has 26 heavy (non-hydrogen) atoms. The highest BCUT2D eigenvalue weighted by molar-refractivity contribution is 7.16. The smallest absolute Gasteiger partial charge is 0.410 e. The number of carbonyl (C=O) groups is 1. The van der Waals surface area contributed by atoms with Crippen molar-refractivity contribution in [3.8, 4) is 0 Å². The molecule has 1 fully saturated rings. The molecule has 0 aromatic carbocycles. The van der Waals surface area contributed by atoms with Gasteiger partial charge in [0, 0.05) is 32.6 Å². The zero-order chi connectivity index (χ0) is 18.9. The zero-order valence-electron chi connectivity index (χ0n) is 16.3. The lowest BCUT2D eigenvalue weighted by Crippen LogP contribution is -2.47. The highest BCUT2D eigenvalue weighted by Crippen LogP contribution is 2.30. The summed E-state index contributed by atoms with van der Waals surface area (Å²) >= 11 is 1.66. The Morgan fingerprint density at radius 1 is 1.35 bits per heavy atom. The maximum atomic E-state index is 12.3. The molecule has 0 spiro atoms. The SMILES string of the molecule is CCc1nc(N(C)C2CCN(C(=O)OC(C)(C)C)CC2)c2ccsc2n1. The number of anilines is 1. The van der Waals surface area contributed by atoms with Crippen molar-refractivity contribution in [1.29, 1.82) is 0 Å². The second-order valence-electron chi connectivity index (χ2n) is 7.77. The van der Waals surface area contributed by atoms with Crippen LogP contribution in [0.3, 0.4) is 0 Å². The normalized spacial score (nSPS) is 16.1. The number of aryl methyl sites for hydroxylation is 1. The van der Waals surface area contributed by atoms with Crippen LogP contribution in [0.5, 0.6) is 0 Å². The molecule has 0 atom stereocenters. The summed E-state index contributed by atoms with van der Waals surface area (Å²) in [5.74, 6) is 1.89. The van der Waals surface area contributed by atoms with E-state index in [0.717, 1.165) is 41.1 Å². The Labute approximate surface area is 159 Å². The Morgan fingerprint density at radius 3 is 2.65 bits per heavy atom. The molecule has 3 rings (SSSR count). The number of piperidine rings is 1. The first kappa shape index (κ1) is 18.9. The highest BCUT2D eigenvalue weighted by Gasteiger charge is 2.29. The lowest BCUT2D eigenvalue weighted by atomic mass is 10.0. The summed E-state index contributed by atoms with van der Waals surface area (Å²) in [5, 5.41) is 3.19. The largest absolute Gasteiger partial charge is 0.444 e. The van der Waals surface area contributed by atoms with Gasteiger partial charge in [-0.2, -0.15) is 0 Å². The van der Waals surface area contributed by atoms with Crippen LogP contribution < -0.4 is 4.90 Å². The van der Waals surface area contributed by atoms with Gasteiger partial charge in [-0.15, -0.1) is 11.3 Å². The average Bonchev–Trinajstić information content (AvgIpc) is 3.07. The van der Waals surface area contributed by atoms with Crippen LogP contribution in [0.4, 0.5) is 10.6 Å². The van der Waals surface area contributed by atoms with Crippen molar-refractivity contribution in [3.63, 3.8) is 0 Å². The summed E-state index contributed by atoms with van der Waals surface area (Å²) in [7, 11) is 2.10. The highest BCUT2D eigenvalue weighted by atomic mass is 32.1. The topological polar surface area (TPSA) is 58.6 Å². The molecule has 1 saturated heterocycles. The molecule has 0 bridgehead atoms. The van der Waals surface area contributed by atoms with Crippen molar-refractivity contribution in [2.24, 2.45) is 0 Å². The maximum Gasteiger partial charge on any atom is 0.410 e. The van der Waals surface area contributed by atoms with Gasteiger partial charge in [-0.1, -0.05) is 6.92 Å². The number of aromatic nitrogens is 2. The molecular weight excluding hydrogens is 348 g/mol. The standard InChI is InChI=1S/C19H28N4O2S/c1-6-15-20-16(14-9-12-26-17(14)21-15)22(5)13-7-10-23(11-8-13)18(24)25-19(2,3)4/h9,12-13H,6-8,10-11H2,1-5H3. The zero-order valence-corrected chi connectivity index (χ0v) is 17.1. The third kappa shape index (κ3) is 4.09. The minimum absolute atomic E-state index is 0.214. The van der Waals surface area contributed by atoms with Crippen LogP contribution in [0.1, 0.15) is 46.4 Å². The van der Waals surface area contributed by atoms with Crippen LogP contribution in [0, 0.1) is 0 Å². The molecule has 0 aliphatic carbocycles. The Balaban J connectivity index is 1.70. The first-order valence-electron chi connectivity index (χ1n) is 9.23. The van der Waals surface area contributed by atoms with E-state index in [0.29, 0.717) is 19.1 Å². The summed E-state index contributed by atoms with van der Waals surface area (Å²) in [4.78, 5) is 26.8. The molecule has 142 valence electrons. The van der Waals surface area contributed by atoms with Gasteiger partial charge in [0.2, 0.25) is 0 Å². The maximum absolute atomic E-state index is 12.3. The number of likely N-dealkylation sites (tertiary alicyclic amines) is 1. The second kappa shape index (κ2) is 7.39. The van der Waals surface area contributed by atoms with Crippen LogP contribution >= 0.6 is 11.3 Å². The van der Waals surface area contributed by atoms with Crippen LogP contribution in [0.25, 0.3) is 10.2 Å². The fourth-order valence-electron chi connectivity index (χ4n) is 3.24. The molecular formula is C19H28N4O2S. The Bertz CT molecular complexity index is 775. The predicted octanol–water partition coefficient (Wildman–Crippen LogP) is 4.09. The third-order valence-corrected chi connectivity index (χ3v) is 5.47. The summed E-state index contributed by atoms with van der Waals surface area (Å²) in [6, 6.07) is 2.46. The first-order chi connectivity index (χ1) is 12.3. The van der Waals surface area contributed by atoms with Gasteiger partial charge in [-0.25, -0.2) is 14.8 Å². The van der Waals surface area contributed by atoms with Crippen LogP contribution in [0.15, 0.2) is 11.4 Å². The number of hydrogen-bond acceptors (Lipinski definition) is 6. The number of rotatable bonds is 3. The summed E-state index contributed by atoms with van der Waals surface area (Å²) in [6.07, 6.45) is 2.43. The number of thiophene rings is 1. The molecule has 2 aromatic rings. The molecule has 1 aliphatic heterocycles. The molecule has 6 nitrogen and oxygen atoms in total. The van der Waals surface area contributed by atoms with Gasteiger partial charge >= 0.3 is 6.09 Å². The van der Waals surface area contributed by atoms with E-state index in [9.17, 15) is 4.79 Å². The fraction of sp³-hybridized carbons (Fsp3) is 0.632. The van der Waals surface area contributed by atoms with E-state index in [1.54, 1.807) is 11.3 Å². The summed E-state index contributed by atoms with van der Waals surface area (Å²) in [5.41, 5.74) is -0.452. The van der Waals surface area contributed by atoms with Gasteiger partial charge in [-0.05, 0) is 45.1 Å². The number of amides is 1. The predicted molar refractivity (Wildman–Crippen MR) is 106 cm³/mol. The molecule has 3 heterocycles. The first-order valence-corrected chi connectivity index (χ1v) is 10.1. The van der Waals surface area contributed by atoms with Crippen molar-refractivity contribution < 1.29 is 9.53 Å². The number of carbonyl (C=O) groups excluding carboxylic acids is 1.